The van der Waals surface area contributed by atoms with Crippen LogP contribution in [0.2, 0.25) is 0 Å². The molecule has 0 aromatic carbocycles. The Balaban J connectivity index is 0. The second-order valence-electron chi connectivity index (χ2n) is 0. The van der Waals surface area contributed by atoms with Gasteiger partial charge in [0.25, 0.3) is 0 Å². The number of rotatable bonds is 0. The van der Waals surface area contributed by atoms with Crippen LogP contribution in [0.4, 0.5) is 0 Å². The summed E-state index contributed by atoms with van der Waals surface area (Å²) in [5.41, 5.74) is 0. The van der Waals surface area contributed by atoms with Crippen molar-refractivity contribution in [1.29, 1.82) is 0 Å². The van der Waals surface area contributed by atoms with Crippen LogP contribution in [0.1, 0.15) is 0 Å². The van der Waals surface area contributed by atoms with Crippen LogP contribution in [-0.2, 0) is 0 Å². The predicted octanol–water partition coefficient (Wildman–Crippen LogP) is -0.649. The molecular formula is H2LaLiSSi. The van der Waals surface area contributed by atoms with Gasteiger partial charge in [-0.1, -0.05) is 0 Å². The van der Waals surface area contributed by atoms with Gasteiger partial charge in [0, 0.05) is 65.4 Å². The largest absolute Gasteiger partial charge is 0.197 e. The monoisotopic (exact) mass is 208 g/mol. The fourth-order valence-corrected chi connectivity index (χ4v) is 0. The fraction of sp³-hybridized carbons (Fsp3) is 0. The predicted molar refractivity (Wildman–Crippen MR) is 21.9 cm³/mol. The van der Waals surface area contributed by atoms with Gasteiger partial charge in [0.1, 0.15) is 0 Å². The van der Waals surface area contributed by atoms with Gasteiger partial charge < -0.3 is 0 Å². The Labute approximate surface area is 77.7 Å². The molecule has 0 atom stereocenters. The Morgan fingerprint density at radius 2 is 1.00 bits per heavy atom. The minimum atomic E-state index is 0. The summed E-state index contributed by atoms with van der Waals surface area (Å²) in [5.74, 6) is 0. The minimum Gasteiger partial charge on any atom is -0.197 e. The molecule has 0 nitrogen and oxygen atoms in total. The summed E-state index contributed by atoms with van der Waals surface area (Å²) in [6, 6.07) is 0. The van der Waals surface area contributed by atoms with Crippen LogP contribution in [0, 0.1) is 35.6 Å². The smallest absolute Gasteiger partial charge is 0 e. The molecule has 0 fully saturated rings. The first-order valence-electron chi connectivity index (χ1n) is 0. The van der Waals surface area contributed by atoms with E-state index in [1.165, 1.54) is 0 Å². The van der Waals surface area contributed by atoms with Gasteiger partial charge >= 0.3 is 0 Å². The zero-order valence-electron chi connectivity index (χ0n) is 2.58. The molecule has 0 unspecified atom stereocenters. The van der Waals surface area contributed by atoms with Crippen molar-refractivity contribution in [1.82, 2.24) is 0 Å². The first-order chi connectivity index (χ1) is 0. The van der Waals surface area contributed by atoms with Crippen molar-refractivity contribution in [3.63, 3.8) is 0 Å². The minimum absolute atomic E-state index is 0. The third-order valence-corrected chi connectivity index (χ3v) is 0. The standard InChI is InChI=1S/La.Li.H2S.Si/h;;1H2;. The third-order valence-electron chi connectivity index (χ3n) is 0. The van der Waals surface area contributed by atoms with E-state index < -0.39 is 0 Å². The fourth-order valence-electron chi connectivity index (χ4n) is 0. The van der Waals surface area contributed by atoms with Crippen molar-refractivity contribution in [3.8, 4) is 0 Å². The Bertz CT molecular complexity index is 8.00. The molecule has 0 aromatic heterocycles. The van der Waals surface area contributed by atoms with E-state index in [1.54, 1.807) is 0 Å². The van der Waals surface area contributed by atoms with Crippen molar-refractivity contribution >= 4 is 43.3 Å². The average Bonchev–Trinajstić information content (AvgIpc) is 0. The van der Waals surface area contributed by atoms with Gasteiger partial charge in [-0.05, 0) is 0 Å². The molecule has 16 valence electrons. The van der Waals surface area contributed by atoms with E-state index in [1.807, 2.05) is 0 Å². The maximum absolute atomic E-state index is 0. The molecule has 0 saturated carbocycles. The van der Waals surface area contributed by atoms with E-state index in [9.17, 15) is 0 Å². The Morgan fingerprint density at radius 1 is 1.00 bits per heavy atom. The Hall–Kier alpha value is 2.36. The van der Waals surface area contributed by atoms with Gasteiger partial charge in [-0.25, -0.2) is 0 Å². The molecule has 0 aliphatic carbocycles. The molecule has 0 N–H and O–H groups in total. The molecule has 0 spiro atoms. The molecular weight excluding hydrogens is 206 g/mol. The summed E-state index contributed by atoms with van der Waals surface area (Å²) >= 11 is 0. The summed E-state index contributed by atoms with van der Waals surface area (Å²) < 4.78 is 0. The Morgan fingerprint density at radius 3 is 1.00 bits per heavy atom. The molecule has 0 aliphatic rings. The summed E-state index contributed by atoms with van der Waals surface area (Å²) in [5, 5.41) is 0. The van der Waals surface area contributed by atoms with Gasteiger partial charge in [-0.3, -0.25) is 0 Å². The van der Waals surface area contributed by atoms with Crippen molar-refractivity contribution in [2.75, 3.05) is 0 Å². The first-order valence-corrected chi connectivity index (χ1v) is 0. The first kappa shape index (κ1) is 32.8. The maximum Gasteiger partial charge on any atom is 0 e. The van der Waals surface area contributed by atoms with Crippen LogP contribution < -0.4 is 0 Å². The van der Waals surface area contributed by atoms with Crippen LogP contribution in [0.15, 0.2) is 0 Å². The summed E-state index contributed by atoms with van der Waals surface area (Å²) in [6.07, 6.45) is 0. The molecule has 0 rings (SSSR count). The quantitative estimate of drug-likeness (QED) is 0.464. The van der Waals surface area contributed by atoms with Crippen molar-refractivity contribution < 1.29 is 35.6 Å². The van der Waals surface area contributed by atoms with Gasteiger partial charge in [-0.15, -0.1) is 0 Å². The average molecular weight is 208 g/mol. The summed E-state index contributed by atoms with van der Waals surface area (Å²) in [4.78, 5) is 0. The third kappa shape index (κ3) is 8.84. The van der Waals surface area contributed by atoms with E-state index in [4.69, 9.17) is 0 Å². The zero-order valence-corrected chi connectivity index (χ0v) is 8.20. The van der Waals surface area contributed by atoms with Gasteiger partial charge in [0.2, 0.25) is 0 Å². The van der Waals surface area contributed by atoms with Crippen LogP contribution >= 0.6 is 13.5 Å². The molecule has 4 heteroatoms. The molecule has 0 bridgehead atoms. The van der Waals surface area contributed by atoms with Crippen molar-refractivity contribution in [2.45, 2.75) is 0 Å². The van der Waals surface area contributed by atoms with E-state index in [0.717, 1.165) is 0 Å². The summed E-state index contributed by atoms with van der Waals surface area (Å²) in [7, 11) is 0. The SMILES string of the molecule is S.[La].[Li].[Si]. The van der Waals surface area contributed by atoms with E-state index >= 15 is 0 Å². The molecule has 0 aromatic rings. The van der Waals surface area contributed by atoms with Crippen LogP contribution in [-0.4, -0.2) is 29.8 Å². The van der Waals surface area contributed by atoms with Crippen LogP contribution in [0.3, 0.4) is 0 Å². The Kier molecular flexibility index (Phi) is 150. The number of hydrogen-bond donors (Lipinski definition) is 0. The molecule has 0 heterocycles. The second kappa shape index (κ2) is 18.3. The summed E-state index contributed by atoms with van der Waals surface area (Å²) in [6.45, 7) is 0. The van der Waals surface area contributed by atoms with E-state index in [-0.39, 0.29) is 78.9 Å². The van der Waals surface area contributed by atoms with E-state index in [2.05, 4.69) is 0 Å². The zero-order chi connectivity index (χ0) is 0. The normalized spacial score (nSPS) is 0. The molecule has 4 heavy (non-hydrogen) atoms. The van der Waals surface area contributed by atoms with Gasteiger partial charge in [0.05, 0.1) is 0 Å². The van der Waals surface area contributed by atoms with Gasteiger partial charge in [-0.2, -0.15) is 13.5 Å². The van der Waals surface area contributed by atoms with Crippen LogP contribution in [0.5, 0.6) is 0 Å². The molecule has 6 radical (unpaired) electrons. The van der Waals surface area contributed by atoms with Crippen molar-refractivity contribution in [3.05, 3.63) is 0 Å². The van der Waals surface area contributed by atoms with E-state index in [0.29, 0.717) is 0 Å². The topological polar surface area (TPSA) is 0 Å². The molecule has 0 aliphatic heterocycles. The second-order valence-corrected chi connectivity index (χ2v) is 0. The van der Waals surface area contributed by atoms with Gasteiger partial charge in [0.15, 0.2) is 0 Å². The van der Waals surface area contributed by atoms with Crippen molar-refractivity contribution in [2.24, 2.45) is 0 Å². The van der Waals surface area contributed by atoms with Crippen LogP contribution in [0.25, 0.3) is 0 Å². The number of hydrogen-bond acceptors (Lipinski definition) is 0. The molecule has 0 amide bonds. The maximum atomic E-state index is 0. The molecule has 0 saturated heterocycles.